The lowest BCUT2D eigenvalue weighted by atomic mass is 10.1. The molecule has 1 N–H and O–H groups in total. The molecule has 0 aromatic heterocycles. The highest BCUT2D eigenvalue weighted by atomic mass is 16.5. The molecule has 1 rings (SSSR count). The number of rotatable bonds is 8. The first-order valence-electron chi connectivity index (χ1n) is 6.78. The highest BCUT2D eigenvalue weighted by Gasteiger charge is 2.17. The number of ether oxygens (including phenoxy) is 3. The van der Waals surface area contributed by atoms with Crippen molar-refractivity contribution in [3.05, 3.63) is 23.8 Å². The molecule has 6 heteroatoms. The van der Waals surface area contributed by atoms with Crippen LogP contribution in [0.3, 0.4) is 0 Å². The Balaban J connectivity index is 2.58. The Hall–Kier alpha value is -2.24. The van der Waals surface area contributed by atoms with E-state index in [0.717, 1.165) is 0 Å². The van der Waals surface area contributed by atoms with E-state index in [1.165, 1.54) is 14.2 Å². The van der Waals surface area contributed by atoms with E-state index in [2.05, 4.69) is 5.32 Å². The fourth-order valence-corrected chi connectivity index (χ4v) is 1.83. The molecule has 0 aliphatic rings. The fraction of sp³-hybridized carbons (Fsp3) is 0.467. The van der Waals surface area contributed by atoms with E-state index in [-0.39, 0.29) is 18.3 Å². The second-order valence-electron chi connectivity index (χ2n) is 4.20. The molecule has 0 heterocycles. The molecule has 1 aromatic rings. The van der Waals surface area contributed by atoms with Crippen LogP contribution < -0.4 is 14.8 Å². The van der Waals surface area contributed by atoms with Gasteiger partial charge in [-0.2, -0.15) is 0 Å². The third kappa shape index (κ3) is 4.98. The van der Waals surface area contributed by atoms with Crippen LogP contribution in [0.2, 0.25) is 0 Å². The number of methoxy groups -OCH3 is 2. The Morgan fingerprint density at radius 2 is 1.76 bits per heavy atom. The third-order valence-corrected chi connectivity index (χ3v) is 2.80. The smallest absolute Gasteiger partial charge is 0.305 e. The van der Waals surface area contributed by atoms with Crippen molar-refractivity contribution in [2.75, 3.05) is 27.4 Å². The summed E-state index contributed by atoms with van der Waals surface area (Å²) in [6.45, 7) is 2.50. The summed E-state index contributed by atoms with van der Waals surface area (Å²) < 4.78 is 15.2. The number of esters is 1. The molecule has 0 bridgehead atoms. The molecule has 6 nitrogen and oxygen atoms in total. The number of nitrogens with one attached hydrogen (secondary N) is 1. The first kappa shape index (κ1) is 16.8. The van der Waals surface area contributed by atoms with Gasteiger partial charge in [-0.05, 0) is 25.5 Å². The summed E-state index contributed by atoms with van der Waals surface area (Å²) in [5.74, 6) is 0.323. The van der Waals surface area contributed by atoms with Crippen molar-refractivity contribution in [3.63, 3.8) is 0 Å². The van der Waals surface area contributed by atoms with Gasteiger partial charge in [-0.25, -0.2) is 0 Å². The Morgan fingerprint density at radius 3 is 2.29 bits per heavy atom. The van der Waals surface area contributed by atoms with Gasteiger partial charge in [0.2, 0.25) is 0 Å². The van der Waals surface area contributed by atoms with Gasteiger partial charge >= 0.3 is 5.97 Å². The zero-order valence-corrected chi connectivity index (χ0v) is 12.6. The first-order chi connectivity index (χ1) is 10.1. The summed E-state index contributed by atoms with van der Waals surface area (Å²) >= 11 is 0. The quantitative estimate of drug-likeness (QED) is 0.584. The number of hydrogen-bond acceptors (Lipinski definition) is 5. The maximum atomic E-state index is 12.2. The van der Waals surface area contributed by atoms with Crippen LogP contribution >= 0.6 is 0 Å². The second kappa shape index (κ2) is 8.84. The monoisotopic (exact) mass is 295 g/mol. The van der Waals surface area contributed by atoms with Gasteiger partial charge in [-0.15, -0.1) is 0 Å². The summed E-state index contributed by atoms with van der Waals surface area (Å²) in [7, 11) is 2.98. The van der Waals surface area contributed by atoms with Crippen LogP contribution in [-0.4, -0.2) is 39.2 Å². The van der Waals surface area contributed by atoms with Crippen LogP contribution in [0.5, 0.6) is 11.5 Å². The topological polar surface area (TPSA) is 73.9 Å². The molecule has 0 atom stereocenters. The zero-order valence-electron chi connectivity index (χ0n) is 12.6. The van der Waals surface area contributed by atoms with Crippen molar-refractivity contribution in [1.82, 2.24) is 5.32 Å². The molecule has 1 amide bonds. The molecule has 21 heavy (non-hydrogen) atoms. The summed E-state index contributed by atoms with van der Waals surface area (Å²) in [6, 6.07) is 5.13. The zero-order chi connectivity index (χ0) is 15.7. The second-order valence-corrected chi connectivity index (χ2v) is 4.20. The van der Waals surface area contributed by atoms with Crippen molar-refractivity contribution in [2.24, 2.45) is 0 Å². The summed E-state index contributed by atoms with van der Waals surface area (Å²) in [5, 5.41) is 2.74. The Kier molecular flexibility index (Phi) is 7.08. The molecule has 0 saturated carbocycles. The molecule has 1 aromatic carbocycles. The van der Waals surface area contributed by atoms with Gasteiger partial charge in [-0.1, -0.05) is 6.07 Å². The Bertz CT molecular complexity index is 465. The SMILES string of the molecule is CCOC(=O)CCCNC(=O)c1c(OC)cccc1OC. The minimum atomic E-state index is -0.298. The molecule has 0 radical (unpaired) electrons. The van der Waals surface area contributed by atoms with Gasteiger partial charge in [0.05, 0.1) is 20.8 Å². The van der Waals surface area contributed by atoms with Gasteiger partial charge in [0.15, 0.2) is 0 Å². The predicted molar refractivity (Wildman–Crippen MR) is 77.7 cm³/mol. The minimum Gasteiger partial charge on any atom is -0.496 e. The normalized spacial score (nSPS) is 9.86. The van der Waals surface area contributed by atoms with Crippen LogP contribution in [-0.2, 0) is 9.53 Å². The summed E-state index contributed by atoms with van der Waals surface area (Å²) in [6.07, 6.45) is 0.791. The van der Waals surface area contributed by atoms with Crippen LogP contribution in [0.4, 0.5) is 0 Å². The third-order valence-electron chi connectivity index (χ3n) is 2.80. The van der Waals surface area contributed by atoms with Gasteiger partial charge in [0.1, 0.15) is 17.1 Å². The average Bonchev–Trinajstić information content (AvgIpc) is 2.50. The number of benzene rings is 1. The largest absolute Gasteiger partial charge is 0.496 e. The molecule has 0 fully saturated rings. The van der Waals surface area contributed by atoms with Crippen molar-refractivity contribution in [2.45, 2.75) is 19.8 Å². The van der Waals surface area contributed by atoms with Crippen molar-refractivity contribution >= 4 is 11.9 Å². The van der Waals surface area contributed by atoms with E-state index in [9.17, 15) is 9.59 Å². The molecular formula is C15H21NO5. The van der Waals surface area contributed by atoms with E-state index >= 15 is 0 Å². The lowest BCUT2D eigenvalue weighted by Gasteiger charge is -2.12. The Morgan fingerprint density at radius 1 is 1.14 bits per heavy atom. The van der Waals surface area contributed by atoms with Crippen LogP contribution in [0.25, 0.3) is 0 Å². The van der Waals surface area contributed by atoms with Crippen LogP contribution in [0.15, 0.2) is 18.2 Å². The van der Waals surface area contributed by atoms with Gasteiger partial charge in [0.25, 0.3) is 5.91 Å². The van der Waals surface area contributed by atoms with E-state index in [1.807, 2.05) is 0 Å². The number of carbonyl (C=O) groups is 2. The first-order valence-corrected chi connectivity index (χ1v) is 6.78. The van der Waals surface area contributed by atoms with Crippen LogP contribution in [0.1, 0.15) is 30.1 Å². The van der Waals surface area contributed by atoms with Gasteiger partial charge < -0.3 is 19.5 Å². The summed E-state index contributed by atoms with van der Waals surface area (Å²) in [4.78, 5) is 23.4. The highest BCUT2D eigenvalue weighted by Crippen LogP contribution is 2.27. The lowest BCUT2D eigenvalue weighted by molar-refractivity contribution is -0.143. The lowest BCUT2D eigenvalue weighted by Crippen LogP contribution is -2.26. The van der Waals surface area contributed by atoms with Crippen LogP contribution in [0, 0.1) is 0 Å². The van der Waals surface area contributed by atoms with E-state index in [1.54, 1.807) is 25.1 Å². The van der Waals surface area contributed by atoms with E-state index < -0.39 is 0 Å². The van der Waals surface area contributed by atoms with Crippen molar-refractivity contribution in [1.29, 1.82) is 0 Å². The van der Waals surface area contributed by atoms with Gasteiger partial charge in [-0.3, -0.25) is 9.59 Å². The molecule has 116 valence electrons. The van der Waals surface area contributed by atoms with Crippen molar-refractivity contribution in [3.8, 4) is 11.5 Å². The number of hydrogen-bond donors (Lipinski definition) is 1. The Labute approximate surface area is 124 Å². The van der Waals surface area contributed by atoms with E-state index in [4.69, 9.17) is 14.2 Å². The number of carbonyl (C=O) groups excluding carboxylic acids is 2. The molecule has 0 spiro atoms. The minimum absolute atomic E-state index is 0.262. The predicted octanol–water partition coefficient (Wildman–Crippen LogP) is 1.78. The highest BCUT2D eigenvalue weighted by molar-refractivity contribution is 5.99. The van der Waals surface area contributed by atoms with Crippen molar-refractivity contribution < 1.29 is 23.8 Å². The maximum Gasteiger partial charge on any atom is 0.305 e. The average molecular weight is 295 g/mol. The molecule has 0 saturated heterocycles. The standard InChI is InChI=1S/C15H21NO5/c1-4-21-13(17)9-6-10-16-15(18)14-11(19-2)7-5-8-12(14)20-3/h5,7-8H,4,6,9-10H2,1-3H3,(H,16,18). The fourth-order valence-electron chi connectivity index (χ4n) is 1.83. The number of amides is 1. The molecular weight excluding hydrogens is 274 g/mol. The molecule has 0 unspecified atom stereocenters. The molecule has 0 aliphatic heterocycles. The maximum absolute atomic E-state index is 12.2. The summed E-state index contributed by atoms with van der Waals surface area (Å²) in [5.41, 5.74) is 0.346. The van der Waals surface area contributed by atoms with Gasteiger partial charge in [0, 0.05) is 13.0 Å². The molecule has 0 aliphatic carbocycles. The van der Waals surface area contributed by atoms with E-state index in [0.29, 0.717) is 36.6 Å².